The van der Waals surface area contributed by atoms with Crippen molar-refractivity contribution in [2.45, 2.75) is 20.4 Å². The molecule has 0 aliphatic heterocycles. The molecule has 1 aromatic carbocycles. The monoisotopic (exact) mass is 284 g/mol. The van der Waals surface area contributed by atoms with Crippen LogP contribution in [0.1, 0.15) is 27.3 Å². The lowest BCUT2D eigenvalue weighted by Gasteiger charge is -2.12. The molecule has 1 N–H and O–H groups in total. The van der Waals surface area contributed by atoms with Gasteiger partial charge in [-0.1, -0.05) is 6.07 Å². The SMILES string of the molecule is Cc1ccc(C(=O)NCc2nccc(N(C)C)n2)cc1C. The van der Waals surface area contributed by atoms with Crippen LogP contribution in [0.15, 0.2) is 30.5 Å². The Hall–Kier alpha value is -2.43. The van der Waals surface area contributed by atoms with Gasteiger partial charge in [0.15, 0.2) is 0 Å². The van der Waals surface area contributed by atoms with E-state index in [-0.39, 0.29) is 5.91 Å². The van der Waals surface area contributed by atoms with Crippen LogP contribution in [0.5, 0.6) is 0 Å². The van der Waals surface area contributed by atoms with Gasteiger partial charge < -0.3 is 10.2 Å². The fourth-order valence-corrected chi connectivity index (χ4v) is 1.87. The van der Waals surface area contributed by atoms with Gasteiger partial charge in [0.2, 0.25) is 0 Å². The molecule has 0 saturated carbocycles. The van der Waals surface area contributed by atoms with Gasteiger partial charge in [-0.25, -0.2) is 9.97 Å². The molecule has 5 heteroatoms. The van der Waals surface area contributed by atoms with Crippen LogP contribution in [0.3, 0.4) is 0 Å². The zero-order valence-electron chi connectivity index (χ0n) is 12.8. The van der Waals surface area contributed by atoms with E-state index in [9.17, 15) is 4.79 Å². The number of carbonyl (C=O) groups excluding carboxylic acids is 1. The van der Waals surface area contributed by atoms with Gasteiger partial charge in [-0.2, -0.15) is 0 Å². The number of aromatic nitrogens is 2. The number of aryl methyl sites for hydroxylation is 2. The van der Waals surface area contributed by atoms with E-state index in [2.05, 4.69) is 15.3 Å². The van der Waals surface area contributed by atoms with Gasteiger partial charge in [0, 0.05) is 25.9 Å². The van der Waals surface area contributed by atoms with Crippen molar-refractivity contribution in [3.8, 4) is 0 Å². The predicted molar refractivity (Wildman–Crippen MR) is 83.4 cm³/mol. The van der Waals surface area contributed by atoms with E-state index in [1.165, 1.54) is 5.56 Å². The van der Waals surface area contributed by atoms with E-state index in [4.69, 9.17) is 0 Å². The molecule has 1 aromatic heterocycles. The first-order chi connectivity index (χ1) is 9.97. The van der Waals surface area contributed by atoms with E-state index in [0.29, 0.717) is 17.9 Å². The molecule has 0 aliphatic rings. The molecular weight excluding hydrogens is 264 g/mol. The molecule has 110 valence electrons. The summed E-state index contributed by atoms with van der Waals surface area (Å²) in [7, 11) is 3.83. The Morgan fingerprint density at radius 1 is 1.19 bits per heavy atom. The third-order valence-electron chi connectivity index (χ3n) is 3.33. The minimum absolute atomic E-state index is 0.114. The Balaban J connectivity index is 2.03. The summed E-state index contributed by atoms with van der Waals surface area (Å²) in [5.74, 6) is 1.30. The molecule has 1 amide bonds. The van der Waals surface area contributed by atoms with Crippen LogP contribution in [0, 0.1) is 13.8 Å². The van der Waals surface area contributed by atoms with Crippen molar-refractivity contribution in [3.63, 3.8) is 0 Å². The highest BCUT2D eigenvalue weighted by Gasteiger charge is 2.08. The predicted octanol–water partition coefficient (Wildman–Crippen LogP) is 2.09. The van der Waals surface area contributed by atoms with Crippen molar-refractivity contribution >= 4 is 11.7 Å². The van der Waals surface area contributed by atoms with Gasteiger partial charge in [-0.15, -0.1) is 0 Å². The second-order valence-electron chi connectivity index (χ2n) is 5.21. The quantitative estimate of drug-likeness (QED) is 0.934. The molecule has 0 unspecified atom stereocenters. The molecule has 0 bridgehead atoms. The number of rotatable bonds is 4. The minimum Gasteiger partial charge on any atom is -0.363 e. The lowest BCUT2D eigenvalue weighted by atomic mass is 10.1. The first-order valence-electron chi connectivity index (χ1n) is 6.82. The first kappa shape index (κ1) is 15.0. The Kier molecular flexibility index (Phi) is 4.52. The second-order valence-corrected chi connectivity index (χ2v) is 5.21. The molecule has 0 fully saturated rings. The molecule has 0 aliphatic carbocycles. The smallest absolute Gasteiger partial charge is 0.251 e. The number of anilines is 1. The van der Waals surface area contributed by atoms with Crippen molar-refractivity contribution in [3.05, 3.63) is 53.0 Å². The van der Waals surface area contributed by atoms with Crippen LogP contribution in [-0.4, -0.2) is 30.0 Å². The van der Waals surface area contributed by atoms with Gasteiger partial charge in [0.1, 0.15) is 11.6 Å². The minimum atomic E-state index is -0.114. The average molecular weight is 284 g/mol. The maximum atomic E-state index is 12.1. The average Bonchev–Trinajstić information content (AvgIpc) is 2.48. The molecule has 0 spiro atoms. The Bertz CT molecular complexity index is 652. The Labute approximate surface area is 125 Å². The van der Waals surface area contributed by atoms with Crippen molar-refractivity contribution in [2.75, 3.05) is 19.0 Å². The van der Waals surface area contributed by atoms with E-state index >= 15 is 0 Å². The number of benzene rings is 1. The molecule has 1 heterocycles. The number of nitrogens with one attached hydrogen (secondary N) is 1. The number of nitrogens with zero attached hydrogens (tertiary/aromatic N) is 3. The lowest BCUT2D eigenvalue weighted by Crippen LogP contribution is -2.24. The molecule has 0 atom stereocenters. The van der Waals surface area contributed by atoms with Crippen LogP contribution in [0.2, 0.25) is 0 Å². The third kappa shape index (κ3) is 3.78. The summed E-state index contributed by atoms with van der Waals surface area (Å²) in [5.41, 5.74) is 2.93. The highest BCUT2D eigenvalue weighted by Crippen LogP contribution is 2.10. The first-order valence-corrected chi connectivity index (χ1v) is 6.82. The van der Waals surface area contributed by atoms with Gasteiger partial charge >= 0.3 is 0 Å². The van der Waals surface area contributed by atoms with Crippen molar-refractivity contribution in [1.82, 2.24) is 15.3 Å². The molecule has 0 saturated heterocycles. The standard InChI is InChI=1S/C16H20N4O/c1-11-5-6-13(9-12(11)2)16(21)18-10-14-17-8-7-15(19-14)20(3)4/h5-9H,10H2,1-4H3,(H,18,21). The highest BCUT2D eigenvalue weighted by molar-refractivity contribution is 5.94. The van der Waals surface area contributed by atoms with Crippen LogP contribution in [0.4, 0.5) is 5.82 Å². The summed E-state index contributed by atoms with van der Waals surface area (Å²) in [5, 5.41) is 2.85. The van der Waals surface area contributed by atoms with E-state index in [0.717, 1.165) is 11.4 Å². The van der Waals surface area contributed by atoms with Crippen LogP contribution in [0.25, 0.3) is 0 Å². The molecule has 2 aromatic rings. The summed E-state index contributed by atoms with van der Waals surface area (Å²) in [6.07, 6.45) is 1.69. The maximum Gasteiger partial charge on any atom is 0.251 e. The highest BCUT2D eigenvalue weighted by atomic mass is 16.1. The molecular formula is C16H20N4O. The lowest BCUT2D eigenvalue weighted by molar-refractivity contribution is 0.0950. The van der Waals surface area contributed by atoms with Crippen LogP contribution in [-0.2, 0) is 6.54 Å². The van der Waals surface area contributed by atoms with E-state index in [1.54, 1.807) is 6.20 Å². The number of hydrogen-bond donors (Lipinski definition) is 1. The second kappa shape index (κ2) is 6.35. The summed E-state index contributed by atoms with van der Waals surface area (Å²) in [4.78, 5) is 22.6. The van der Waals surface area contributed by atoms with Gasteiger partial charge in [-0.3, -0.25) is 4.79 Å². The summed E-state index contributed by atoms with van der Waals surface area (Å²) in [6, 6.07) is 7.50. The Morgan fingerprint density at radius 3 is 2.62 bits per heavy atom. The van der Waals surface area contributed by atoms with Gasteiger partial charge in [-0.05, 0) is 43.2 Å². The van der Waals surface area contributed by atoms with Crippen molar-refractivity contribution in [2.24, 2.45) is 0 Å². The number of amides is 1. The largest absolute Gasteiger partial charge is 0.363 e. The van der Waals surface area contributed by atoms with Gasteiger partial charge in [0.25, 0.3) is 5.91 Å². The van der Waals surface area contributed by atoms with Gasteiger partial charge in [0.05, 0.1) is 6.54 Å². The van der Waals surface area contributed by atoms with E-state index < -0.39 is 0 Å². The summed E-state index contributed by atoms with van der Waals surface area (Å²) >= 11 is 0. The van der Waals surface area contributed by atoms with Crippen molar-refractivity contribution < 1.29 is 4.79 Å². The van der Waals surface area contributed by atoms with Crippen LogP contribution >= 0.6 is 0 Å². The topological polar surface area (TPSA) is 58.1 Å². The summed E-state index contributed by atoms with van der Waals surface area (Å²) in [6.45, 7) is 4.33. The number of carbonyl (C=O) groups is 1. The molecule has 21 heavy (non-hydrogen) atoms. The third-order valence-corrected chi connectivity index (χ3v) is 3.33. The summed E-state index contributed by atoms with van der Waals surface area (Å²) < 4.78 is 0. The normalized spacial score (nSPS) is 10.3. The Morgan fingerprint density at radius 2 is 1.95 bits per heavy atom. The zero-order chi connectivity index (χ0) is 15.4. The fraction of sp³-hybridized carbons (Fsp3) is 0.312. The zero-order valence-corrected chi connectivity index (χ0v) is 12.8. The molecule has 2 rings (SSSR count). The maximum absolute atomic E-state index is 12.1. The molecule has 0 radical (unpaired) electrons. The van der Waals surface area contributed by atoms with Crippen LogP contribution < -0.4 is 10.2 Å². The fourth-order valence-electron chi connectivity index (χ4n) is 1.87. The molecule has 5 nitrogen and oxygen atoms in total. The van der Waals surface area contributed by atoms with E-state index in [1.807, 2.05) is 57.1 Å². The van der Waals surface area contributed by atoms with Crippen molar-refractivity contribution in [1.29, 1.82) is 0 Å². The number of hydrogen-bond acceptors (Lipinski definition) is 4.